The molecule has 0 aliphatic carbocycles. The van der Waals surface area contributed by atoms with Gasteiger partial charge in [0, 0.05) is 22.0 Å². The van der Waals surface area contributed by atoms with E-state index in [1.165, 1.54) is 111 Å². The fraction of sp³-hybridized carbons (Fsp3) is 0. The molecule has 0 spiro atoms. The van der Waals surface area contributed by atoms with Crippen LogP contribution in [0.3, 0.4) is 0 Å². The Kier molecular flexibility index (Phi) is 9.03. The summed E-state index contributed by atoms with van der Waals surface area (Å²) >= 11 is 0. The van der Waals surface area contributed by atoms with Gasteiger partial charge in [0.25, 0.3) is 6.71 Å². The van der Waals surface area contributed by atoms with Gasteiger partial charge in [0.1, 0.15) is 11.5 Å². The number of aromatic nitrogens is 1. The quantitative estimate of drug-likeness (QED) is 0.146. The molecule has 0 amide bonds. The van der Waals surface area contributed by atoms with Crippen LogP contribution in [-0.4, -0.2) is 11.3 Å². The maximum Gasteiger partial charge on any atom is 0.256 e. The van der Waals surface area contributed by atoms with Gasteiger partial charge in [-0.1, -0.05) is 218 Å². The van der Waals surface area contributed by atoms with Crippen LogP contribution in [0.15, 0.2) is 255 Å². The smallest absolute Gasteiger partial charge is 0.256 e. The lowest BCUT2D eigenvalue weighted by Crippen LogP contribution is -2.58. The average Bonchev–Trinajstić information content (AvgIpc) is 3.76. The monoisotopic (exact) mass is 875 g/mol. The molecule has 11 aromatic carbocycles. The van der Waals surface area contributed by atoms with E-state index in [2.05, 4.69) is 259 Å². The van der Waals surface area contributed by atoms with Gasteiger partial charge >= 0.3 is 0 Å². The van der Waals surface area contributed by atoms with Crippen LogP contribution in [-0.2, 0) is 0 Å². The Labute approximate surface area is 402 Å². The molecular weight excluding hydrogens is 834 g/mol. The zero-order valence-corrected chi connectivity index (χ0v) is 37.7. The Hall–Kier alpha value is -8.92. The molecule has 320 valence electrons. The number of hydrogen-bond acceptors (Lipinski definition) is 1. The first kappa shape index (κ1) is 39.3. The maximum absolute atomic E-state index is 7.23. The summed E-state index contributed by atoms with van der Waals surface area (Å²) in [6, 6.07) is 93.1. The summed E-state index contributed by atoms with van der Waals surface area (Å²) in [4.78, 5) is 0. The van der Waals surface area contributed by atoms with Crippen LogP contribution in [0.4, 0.5) is 0 Å². The SMILES string of the molecule is c1ccc(-c2ccc3c(c2)B2c4c(cc(-c5ccccc5-c5ccccc5)cc4-n4c5ccc(-c6ccccc6-c6ccccc6)cc5c5cc(-c6ccccc6-c6ccccc6)cc2c54)O3)cc1. The van der Waals surface area contributed by atoms with Gasteiger partial charge in [0.05, 0.1) is 5.52 Å². The van der Waals surface area contributed by atoms with Crippen molar-refractivity contribution in [2.24, 2.45) is 0 Å². The Bertz CT molecular complexity index is 3970. The Morgan fingerprint density at radius 2 is 0.725 bits per heavy atom. The third kappa shape index (κ3) is 6.35. The molecular formula is C66H42BNO. The van der Waals surface area contributed by atoms with Crippen molar-refractivity contribution in [2.75, 3.05) is 0 Å². The summed E-state index contributed by atoms with van der Waals surface area (Å²) in [6.07, 6.45) is 0. The van der Waals surface area contributed by atoms with Gasteiger partial charge < -0.3 is 9.30 Å². The summed E-state index contributed by atoms with van der Waals surface area (Å²) in [6.45, 7) is -0.109. The zero-order valence-electron chi connectivity index (χ0n) is 37.7. The lowest BCUT2D eigenvalue weighted by Gasteiger charge is -2.34. The molecule has 12 aromatic rings. The number of rotatable bonds is 7. The molecule has 2 aliphatic heterocycles. The molecule has 14 rings (SSSR count). The van der Waals surface area contributed by atoms with E-state index in [1.807, 2.05) is 0 Å². The van der Waals surface area contributed by atoms with Crippen LogP contribution in [0.2, 0.25) is 0 Å². The second-order valence-electron chi connectivity index (χ2n) is 18.3. The predicted octanol–water partition coefficient (Wildman–Crippen LogP) is 15.4. The standard InChI is InChI=1S/C66H42BNO/c1-5-19-43(20-6-1)47-34-36-63-59(39-47)67-60-40-49(55-31-17-14-28-52(55)45-23-9-3-10-24-45)38-58-57-37-48(54-30-16-13-27-51(54)44-21-7-2-8-22-44)33-35-61(57)68(66(58)60)62-41-50(42-64(69-63)65(62)67)56-32-18-15-29-53(56)46-25-11-4-12-26-46/h1-42H. The molecule has 2 nitrogen and oxygen atoms in total. The minimum absolute atomic E-state index is 0.109. The summed E-state index contributed by atoms with van der Waals surface area (Å²) < 4.78 is 9.79. The van der Waals surface area contributed by atoms with E-state index in [-0.39, 0.29) is 6.71 Å². The maximum atomic E-state index is 7.23. The fourth-order valence-corrected chi connectivity index (χ4v) is 11.4. The van der Waals surface area contributed by atoms with E-state index in [4.69, 9.17) is 4.74 Å². The van der Waals surface area contributed by atoms with E-state index in [1.54, 1.807) is 0 Å². The number of ether oxygens (including phenoxy) is 1. The van der Waals surface area contributed by atoms with Crippen LogP contribution < -0.4 is 21.1 Å². The van der Waals surface area contributed by atoms with Crippen LogP contribution in [0.1, 0.15) is 0 Å². The molecule has 69 heavy (non-hydrogen) atoms. The van der Waals surface area contributed by atoms with Gasteiger partial charge in [-0.15, -0.1) is 0 Å². The number of hydrogen-bond donors (Lipinski definition) is 0. The molecule has 0 saturated heterocycles. The molecule has 3 heterocycles. The van der Waals surface area contributed by atoms with Crippen molar-refractivity contribution in [1.82, 2.24) is 4.57 Å². The van der Waals surface area contributed by atoms with E-state index >= 15 is 0 Å². The van der Waals surface area contributed by atoms with Crippen LogP contribution in [0, 0.1) is 0 Å². The topological polar surface area (TPSA) is 14.2 Å². The van der Waals surface area contributed by atoms with Crippen LogP contribution >= 0.6 is 0 Å². The lowest BCUT2D eigenvalue weighted by molar-refractivity contribution is 0.487. The zero-order chi connectivity index (χ0) is 45.4. The highest BCUT2D eigenvalue weighted by Crippen LogP contribution is 2.45. The van der Waals surface area contributed by atoms with Gasteiger partial charge in [-0.2, -0.15) is 0 Å². The van der Waals surface area contributed by atoms with Crippen molar-refractivity contribution in [1.29, 1.82) is 0 Å². The first-order valence-electron chi connectivity index (χ1n) is 23.9. The summed E-state index contributed by atoms with van der Waals surface area (Å²) in [5, 5.41) is 2.45. The van der Waals surface area contributed by atoms with E-state index in [0.29, 0.717) is 0 Å². The van der Waals surface area contributed by atoms with Gasteiger partial charge in [-0.25, -0.2) is 0 Å². The van der Waals surface area contributed by atoms with E-state index in [0.717, 1.165) is 22.7 Å². The van der Waals surface area contributed by atoms with E-state index < -0.39 is 0 Å². The molecule has 0 saturated carbocycles. The summed E-state index contributed by atoms with van der Waals surface area (Å²) in [5.41, 5.74) is 23.8. The number of benzene rings is 11. The Balaban J connectivity index is 1.10. The molecule has 1 aromatic heterocycles. The normalized spacial score (nSPS) is 12.1. The second-order valence-corrected chi connectivity index (χ2v) is 18.3. The summed E-state index contributed by atoms with van der Waals surface area (Å²) in [5.74, 6) is 1.78. The van der Waals surface area contributed by atoms with Gasteiger partial charge in [-0.3, -0.25) is 0 Å². The minimum atomic E-state index is -0.109. The number of nitrogens with zero attached hydrogens (tertiary/aromatic N) is 1. The van der Waals surface area contributed by atoms with Crippen LogP contribution in [0.25, 0.3) is 105 Å². The third-order valence-electron chi connectivity index (χ3n) is 14.5. The third-order valence-corrected chi connectivity index (χ3v) is 14.5. The molecule has 0 radical (unpaired) electrons. The molecule has 0 bridgehead atoms. The molecule has 3 heteroatoms. The number of fused-ring (bicyclic) bond motifs is 7. The van der Waals surface area contributed by atoms with Crippen molar-refractivity contribution < 1.29 is 4.74 Å². The van der Waals surface area contributed by atoms with Crippen molar-refractivity contribution in [3.05, 3.63) is 255 Å². The minimum Gasteiger partial charge on any atom is -0.458 e. The van der Waals surface area contributed by atoms with Gasteiger partial charge in [0.15, 0.2) is 0 Å². The fourth-order valence-electron chi connectivity index (χ4n) is 11.4. The van der Waals surface area contributed by atoms with Gasteiger partial charge in [-0.05, 0) is 131 Å². The van der Waals surface area contributed by atoms with Crippen LogP contribution in [0.5, 0.6) is 11.5 Å². The molecule has 2 aliphatic rings. The first-order chi connectivity index (χ1) is 34.2. The van der Waals surface area contributed by atoms with Crippen molar-refractivity contribution in [2.45, 2.75) is 0 Å². The highest BCUT2D eigenvalue weighted by atomic mass is 16.5. The Morgan fingerprint density at radius 1 is 0.290 bits per heavy atom. The average molecular weight is 876 g/mol. The highest BCUT2D eigenvalue weighted by molar-refractivity contribution is 6.99. The van der Waals surface area contributed by atoms with Crippen molar-refractivity contribution in [3.8, 4) is 95.1 Å². The first-order valence-corrected chi connectivity index (χ1v) is 23.9. The largest absolute Gasteiger partial charge is 0.458 e. The van der Waals surface area contributed by atoms with Gasteiger partial charge in [0.2, 0.25) is 0 Å². The molecule has 0 atom stereocenters. The molecule has 0 N–H and O–H groups in total. The summed E-state index contributed by atoms with van der Waals surface area (Å²) in [7, 11) is 0. The second kappa shape index (κ2) is 15.9. The van der Waals surface area contributed by atoms with E-state index in [9.17, 15) is 0 Å². The Morgan fingerprint density at radius 3 is 1.28 bits per heavy atom. The molecule has 0 unspecified atom stereocenters. The highest BCUT2D eigenvalue weighted by Gasteiger charge is 2.41. The van der Waals surface area contributed by atoms with Crippen molar-refractivity contribution >= 4 is 44.9 Å². The van der Waals surface area contributed by atoms with Crippen molar-refractivity contribution in [3.63, 3.8) is 0 Å². The molecule has 0 fully saturated rings. The predicted molar refractivity (Wildman–Crippen MR) is 290 cm³/mol. The lowest BCUT2D eigenvalue weighted by atomic mass is 9.34.